The van der Waals surface area contributed by atoms with Gasteiger partial charge >= 0.3 is 0 Å². The number of amides is 1. The first-order valence-electron chi connectivity index (χ1n) is 13.8. The van der Waals surface area contributed by atoms with Crippen LogP contribution in [0.1, 0.15) is 24.8 Å². The monoisotopic (exact) mass is 600 g/mol. The third-order valence-corrected chi connectivity index (χ3v) is 10.3. The molecule has 1 aromatic carbocycles. The summed E-state index contributed by atoms with van der Waals surface area (Å²) in [7, 11) is -1.63. The van der Waals surface area contributed by atoms with Gasteiger partial charge in [-0.2, -0.15) is 8.42 Å². The molecule has 0 radical (unpaired) electrons. The topological polar surface area (TPSA) is 102 Å². The summed E-state index contributed by atoms with van der Waals surface area (Å²) in [6, 6.07) is 12.8. The first kappa shape index (κ1) is 29.5. The number of hydroxylamine groups is 1. The lowest BCUT2D eigenvalue weighted by atomic mass is 10.2. The van der Waals surface area contributed by atoms with Crippen LogP contribution in [0, 0.1) is 0 Å². The van der Waals surface area contributed by atoms with Crippen molar-refractivity contribution in [2.45, 2.75) is 29.8 Å². The van der Waals surface area contributed by atoms with Crippen LogP contribution in [-0.4, -0.2) is 87.4 Å². The summed E-state index contributed by atoms with van der Waals surface area (Å²) >= 11 is 1.21. The Morgan fingerprint density at radius 1 is 1.10 bits per heavy atom. The predicted molar refractivity (Wildman–Crippen MR) is 158 cm³/mol. The van der Waals surface area contributed by atoms with Crippen molar-refractivity contribution in [3.05, 3.63) is 66.5 Å². The van der Waals surface area contributed by atoms with E-state index in [0.717, 1.165) is 72.1 Å². The zero-order chi connectivity index (χ0) is 28.7. The largest absolute Gasteiger partial charge is 0.492 e. The highest BCUT2D eigenvalue weighted by atomic mass is 32.2. The molecular weight excluding hydrogens is 564 g/mol. The lowest BCUT2D eigenvalue weighted by molar-refractivity contribution is -0.198. The highest BCUT2D eigenvalue weighted by molar-refractivity contribution is 7.92. The second-order valence-corrected chi connectivity index (χ2v) is 13.3. The fourth-order valence-electron chi connectivity index (χ4n) is 4.57. The molecule has 2 aliphatic rings. The van der Waals surface area contributed by atoms with Gasteiger partial charge in [0.1, 0.15) is 16.6 Å². The number of thiophene rings is 1. The number of piperazine rings is 1. The molecule has 10 nitrogen and oxygen atoms in total. The lowest BCUT2D eigenvalue weighted by Crippen LogP contribution is -2.45. The standard InChI is InChI=1S/C29H36N4O6S2/c1-31-15-17-32(18-16-31)19-21-37-25-8-6-24(7-9-25)26-10-12-29(40-26)41(35,36)33-14-13-23(22-33)5-11-27(34)30-39-28-4-2-3-20-38-28/h5-14,22,28H,2-4,15-21H2,1H3,(H,30,34). The zero-order valence-electron chi connectivity index (χ0n) is 23.1. The molecule has 2 saturated heterocycles. The maximum atomic E-state index is 13.2. The summed E-state index contributed by atoms with van der Waals surface area (Å²) in [5.41, 5.74) is 3.84. The van der Waals surface area contributed by atoms with E-state index in [2.05, 4.69) is 22.3 Å². The summed E-state index contributed by atoms with van der Waals surface area (Å²) in [4.78, 5) is 22.9. The number of carbonyl (C=O) groups excluding carboxylic acids is 1. The van der Waals surface area contributed by atoms with Gasteiger partial charge in [-0.1, -0.05) is 0 Å². The molecular formula is C29H36N4O6S2. The van der Waals surface area contributed by atoms with Crippen LogP contribution in [0.15, 0.2) is 65.1 Å². The highest BCUT2D eigenvalue weighted by Gasteiger charge is 2.20. The number of hydrogen-bond donors (Lipinski definition) is 1. The van der Waals surface area contributed by atoms with E-state index in [1.807, 2.05) is 30.3 Å². The van der Waals surface area contributed by atoms with Crippen LogP contribution in [0.4, 0.5) is 0 Å². The molecule has 4 heterocycles. The van der Waals surface area contributed by atoms with Gasteiger partial charge in [0.15, 0.2) is 6.29 Å². The second kappa shape index (κ2) is 13.8. The van der Waals surface area contributed by atoms with Gasteiger partial charge in [-0.3, -0.25) is 9.69 Å². The van der Waals surface area contributed by atoms with E-state index in [-0.39, 0.29) is 4.21 Å². The summed E-state index contributed by atoms with van der Waals surface area (Å²) in [6.45, 7) is 6.44. The number of rotatable bonds is 11. The van der Waals surface area contributed by atoms with Gasteiger partial charge in [-0.25, -0.2) is 14.3 Å². The molecule has 1 unspecified atom stereocenters. The maximum Gasteiger partial charge on any atom is 0.277 e. The van der Waals surface area contributed by atoms with E-state index < -0.39 is 22.2 Å². The molecule has 3 aromatic rings. The number of aromatic nitrogens is 1. The molecule has 12 heteroatoms. The fourth-order valence-corrected chi connectivity index (χ4v) is 7.19. The minimum Gasteiger partial charge on any atom is -0.492 e. The van der Waals surface area contributed by atoms with Crippen molar-refractivity contribution < 1.29 is 27.5 Å². The molecule has 5 rings (SSSR count). The molecule has 0 aliphatic carbocycles. The van der Waals surface area contributed by atoms with Crippen molar-refractivity contribution >= 4 is 33.3 Å². The summed E-state index contributed by atoms with van der Waals surface area (Å²) in [5, 5.41) is 0. The Kier molecular flexibility index (Phi) is 9.91. The number of hydrogen-bond acceptors (Lipinski definition) is 9. The number of carbonyl (C=O) groups is 1. The van der Waals surface area contributed by atoms with Gasteiger partial charge in [-0.05, 0) is 79.6 Å². The number of benzene rings is 1. The zero-order valence-corrected chi connectivity index (χ0v) is 24.7. The van der Waals surface area contributed by atoms with Crippen molar-refractivity contribution in [2.75, 3.05) is 53.0 Å². The summed E-state index contributed by atoms with van der Waals surface area (Å²) in [5.74, 6) is 0.340. The first-order valence-corrected chi connectivity index (χ1v) is 16.1. The van der Waals surface area contributed by atoms with Crippen LogP contribution in [0.25, 0.3) is 16.5 Å². The van der Waals surface area contributed by atoms with Crippen molar-refractivity contribution in [3.63, 3.8) is 0 Å². The summed E-state index contributed by atoms with van der Waals surface area (Å²) in [6.07, 6.45) is 8.02. The number of nitrogens with one attached hydrogen (secondary N) is 1. The van der Waals surface area contributed by atoms with Crippen LogP contribution in [-0.2, 0) is 24.4 Å². The molecule has 1 amide bonds. The van der Waals surface area contributed by atoms with E-state index in [0.29, 0.717) is 18.8 Å². The third-order valence-electron chi connectivity index (χ3n) is 7.07. The molecule has 0 bridgehead atoms. The Hall–Kier alpha value is -3.00. The maximum absolute atomic E-state index is 13.2. The van der Waals surface area contributed by atoms with Crippen molar-refractivity contribution in [2.24, 2.45) is 0 Å². The molecule has 41 heavy (non-hydrogen) atoms. The first-order chi connectivity index (χ1) is 19.9. The molecule has 1 atom stereocenters. The smallest absolute Gasteiger partial charge is 0.277 e. The summed E-state index contributed by atoms with van der Waals surface area (Å²) < 4.78 is 39.2. The van der Waals surface area contributed by atoms with Crippen molar-refractivity contribution in [1.29, 1.82) is 0 Å². The predicted octanol–water partition coefficient (Wildman–Crippen LogP) is 3.67. The average Bonchev–Trinajstić information content (AvgIpc) is 3.69. The van der Waals surface area contributed by atoms with Gasteiger partial charge in [0.05, 0.1) is 0 Å². The Morgan fingerprint density at radius 3 is 2.66 bits per heavy atom. The van der Waals surface area contributed by atoms with E-state index in [1.54, 1.807) is 12.1 Å². The molecule has 220 valence electrons. The van der Waals surface area contributed by atoms with Crippen LogP contribution in [0.3, 0.4) is 0 Å². The lowest BCUT2D eigenvalue weighted by Gasteiger charge is -2.32. The van der Waals surface area contributed by atoms with Crippen LogP contribution < -0.4 is 10.2 Å². The Bertz CT molecular complexity index is 1420. The molecule has 0 saturated carbocycles. The van der Waals surface area contributed by atoms with Crippen LogP contribution >= 0.6 is 11.3 Å². The second-order valence-electron chi connectivity index (χ2n) is 10.1. The highest BCUT2D eigenvalue weighted by Crippen LogP contribution is 2.33. The van der Waals surface area contributed by atoms with Gasteiger partial charge in [0.25, 0.3) is 15.9 Å². The number of ether oxygens (including phenoxy) is 2. The third kappa shape index (κ3) is 8.06. The molecule has 2 fully saturated rings. The average molecular weight is 601 g/mol. The Balaban J connectivity index is 1.13. The molecule has 2 aliphatic heterocycles. The normalized spacial score (nSPS) is 19.0. The van der Waals surface area contributed by atoms with Crippen molar-refractivity contribution in [1.82, 2.24) is 19.3 Å². The van der Waals surface area contributed by atoms with E-state index in [1.165, 1.54) is 35.9 Å². The number of likely N-dealkylation sites (N-methyl/N-ethyl adjacent to an activating group) is 1. The Labute approximate surface area is 245 Å². The minimum absolute atomic E-state index is 0.227. The molecule has 0 spiro atoms. The Morgan fingerprint density at radius 2 is 1.90 bits per heavy atom. The van der Waals surface area contributed by atoms with Crippen LogP contribution in [0.2, 0.25) is 0 Å². The minimum atomic E-state index is -3.78. The van der Waals surface area contributed by atoms with E-state index >= 15 is 0 Å². The van der Waals surface area contributed by atoms with Crippen molar-refractivity contribution in [3.8, 4) is 16.2 Å². The number of nitrogens with zero attached hydrogens (tertiary/aromatic N) is 3. The van der Waals surface area contributed by atoms with Crippen LogP contribution in [0.5, 0.6) is 5.75 Å². The SMILES string of the molecule is CN1CCN(CCOc2ccc(-c3ccc(S(=O)(=O)n4ccc(C=CC(=O)NOC5CCCCO5)c4)s3)cc2)CC1. The van der Waals surface area contributed by atoms with E-state index in [9.17, 15) is 13.2 Å². The van der Waals surface area contributed by atoms with Gasteiger partial charge < -0.3 is 14.4 Å². The fraction of sp³-hybridized carbons (Fsp3) is 0.414. The van der Waals surface area contributed by atoms with Gasteiger partial charge in [0, 0.05) is 69.1 Å². The quantitative estimate of drug-likeness (QED) is 0.263. The van der Waals surface area contributed by atoms with Gasteiger partial charge in [-0.15, -0.1) is 11.3 Å². The molecule has 2 aromatic heterocycles. The van der Waals surface area contributed by atoms with Gasteiger partial charge in [0.2, 0.25) is 0 Å². The molecule has 1 N–H and O–H groups in total. The van der Waals surface area contributed by atoms with E-state index in [4.69, 9.17) is 14.3 Å².